The summed E-state index contributed by atoms with van der Waals surface area (Å²) >= 11 is 0. The Balaban J connectivity index is 3.27. The van der Waals surface area contributed by atoms with Crippen molar-refractivity contribution in [1.82, 2.24) is 0 Å². The summed E-state index contributed by atoms with van der Waals surface area (Å²) in [6, 6.07) is 1.62. The molecule has 0 fully saturated rings. The lowest BCUT2D eigenvalue weighted by Crippen LogP contribution is -2.36. The van der Waals surface area contributed by atoms with Gasteiger partial charge in [-0.25, -0.2) is 4.79 Å². The number of carboxylic acid groups (broad SMARTS) is 1. The third-order valence-electron chi connectivity index (χ3n) is 1.92. The van der Waals surface area contributed by atoms with Crippen LogP contribution >= 0.6 is 0 Å². The van der Waals surface area contributed by atoms with Gasteiger partial charge in [0.2, 0.25) is 0 Å². The first-order valence-corrected chi connectivity index (χ1v) is 7.86. The maximum atomic E-state index is 10.8. The molecule has 0 aliphatic heterocycles. The van der Waals surface area contributed by atoms with Crippen molar-refractivity contribution < 1.29 is 14.3 Å². The second-order valence-electron chi connectivity index (χ2n) is 4.15. The van der Waals surface area contributed by atoms with Crippen LogP contribution in [0.1, 0.15) is 16.1 Å². The fourth-order valence-corrected chi connectivity index (χ4v) is 2.09. The molecule has 3 nitrogen and oxygen atoms in total. The zero-order valence-corrected chi connectivity index (χ0v) is 9.63. The fourth-order valence-electron chi connectivity index (χ4n) is 1.09. The van der Waals surface area contributed by atoms with Crippen molar-refractivity contribution in [2.75, 3.05) is 0 Å². The molecule has 0 atom stereocenters. The SMILES string of the molecule is C=Cc1oc([Si](C)(C)C)cc1C(=O)O. The molecule has 4 heteroatoms. The molecule has 0 spiro atoms. The Labute approximate surface area is 84.1 Å². The second kappa shape index (κ2) is 3.46. The molecule has 1 aromatic heterocycles. The smallest absolute Gasteiger partial charge is 0.339 e. The lowest BCUT2D eigenvalue weighted by atomic mass is 10.2. The normalized spacial score (nSPS) is 11.4. The predicted octanol–water partition coefficient (Wildman–Crippen LogP) is 2.17. The largest absolute Gasteiger partial charge is 0.478 e. The first kappa shape index (κ1) is 10.8. The number of carbonyl (C=O) groups is 1. The van der Waals surface area contributed by atoms with Crippen molar-refractivity contribution in [1.29, 1.82) is 0 Å². The zero-order chi connectivity index (χ0) is 10.9. The summed E-state index contributed by atoms with van der Waals surface area (Å²) < 4.78 is 5.45. The molecule has 0 saturated carbocycles. The first-order chi connectivity index (χ1) is 6.36. The van der Waals surface area contributed by atoms with Crippen molar-refractivity contribution >= 4 is 25.5 Å². The van der Waals surface area contributed by atoms with Crippen molar-refractivity contribution in [2.24, 2.45) is 0 Å². The highest BCUT2D eigenvalue weighted by atomic mass is 28.3. The molecular weight excluding hydrogens is 196 g/mol. The van der Waals surface area contributed by atoms with E-state index >= 15 is 0 Å². The molecule has 1 aromatic rings. The van der Waals surface area contributed by atoms with E-state index in [2.05, 4.69) is 26.2 Å². The minimum atomic E-state index is -1.58. The van der Waals surface area contributed by atoms with Crippen LogP contribution in [0.5, 0.6) is 0 Å². The Bertz CT molecular complexity index is 371. The molecule has 76 valence electrons. The predicted molar refractivity (Wildman–Crippen MR) is 58.7 cm³/mol. The van der Waals surface area contributed by atoms with Crippen LogP contribution in [-0.4, -0.2) is 19.1 Å². The summed E-state index contributed by atoms with van der Waals surface area (Å²) in [5.41, 5.74) is 0.206. The van der Waals surface area contributed by atoms with Gasteiger partial charge in [0.1, 0.15) is 19.4 Å². The van der Waals surface area contributed by atoms with Crippen molar-refractivity contribution in [3.05, 3.63) is 24.0 Å². The molecule has 0 radical (unpaired) electrons. The lowest BCUT2D eigenvalue weighted by molar-refractivity contribution is 0.0696. The molecule has 0 amide bonds. The summed E-state index contributed by atoms with van der Waals surface area (Å²) in [5, 5.41) is 9.68. The average Bonchev–Trinajstić information content (AvgIpc) is 2.45. The molecule has 1 heterocycles. The second-order valence-corrected chi connectivity index (χ2v) is 9.14. The molecule has 0 aliphatic carbocycles. The van der Waals surface area contributed by atoms with E-state index < -0.39 is 14.0 Å². The Hall–Kier alpha value is -1.29. The molecule has 0 saturated heterocycles. The summed E-state index contributed by atoms with van der Waals surface area (Å²) in [6.45, 7) is 9.83. The van der Waals surface area contributed by atoms with E-state index in [0.29, 0.717) is 5.76 Å². The molecule has 0 aromatic carbocycles. The van der Waals surface area contributed by atoms with E-state index in [1.165, 1.54) is 6.08 Å². The lowest BCUT2D eigenvalue weighted by Gasteiger charge is -2.10. The van der Waals surface area contributed by atoms with E-state index in [9.17, 15) is 4.79 Å². The van der Waals surface area contributed by atoms with Crippen LogP contribution in [0.25, 0.3) is 6.08 Å². The highest BCUT2D eigenvalue weighted by molar-refractivity contribution is 6.87. The van der Waals surface area contributed by atoms with Crippen LogP contribution in [0.3, 0.4) is 0 Å². The zero-order valence-electron chi connectivity index (χ0n) is 8.63. The standard InChI is InChI=1S/C10H14O3Si/c1-5-8-7(10(11)12)6-9(13-8)14(2,3)4/h5-6H,1H2,2-4H3,(H,11,12). The van der Waals surface area contributed by atoms with E-state index in [-0.39, 0.29) is 5.56 Å². The van der Waals surface area contributed by atoms with Crippen LogP contribution < -0.4 is 5.38 Å². The maximum Gasteiger partial charge on any atom is 0.339 e. The van der Waals surface area contributed by atoms with Gasteiger partial charge in [0.15, 0.2) is 0 Å². The Morgan fingerprint density at radius 1 is 1.57 bits per heavy atom. The Morgan fingerprint density at radius 3 is 2.43 bits per heavy atom. The maximum absolute atomic E-state index is 10.8. The third kappa shape index (κ3) is 1.96. The molecule has 1 rings (SSSR count). The van der Waals surface area contributed by atoms with Gasteiger partial charge in [-0.15, -0.1) is 0 Å². The van der Waals surface area contributed by atoms with Gasteiger partial charge in [-0.2, -0.15) is 0 Å². The summed E-state index contributed by atoms with van der Waals surface area (Å²) in [4.78, 5) is 10.8. The number of hydrogen-bond acceptors (Lipinski definition) is 2. The number of furan rings is 1. The third-order valence-corrected chi connectivity index (χ3v) is 3.64. The fraction of sp³-hybridized carbons (Fsp3) is 0.300. The van der Waals surface area contributed by atoms with Crippen LogP contribution in [0, 0.1) is 0 Å². The van der Waals surface area contributed by atoms with Gasteiger partial charge in [0.25, 0.3) is 0 Å². The van der Waals surface area contributed by atoms with Gasteiger partial charge in [-0.3, -0.25) is 0 Å². The van der Waals surface area contributed by atoms with Crippen molar-refractivity contribution in [3.63, 3.8) is 0 Å². The van der Waals surface area contributed by atoms with Crippen LogP contribution in [0.4, 0.5) is 0 Å². The minimum Gasteiger partial charge on any atom is -0.478 e. The monoisotopic (exact) mass is 210 g/mol. The Morgan fingerprint density at radius 2 is 2.14 bits per heavy atom. The highest BCUT2D eigenvalue weighted by Gasteiger charge is 2.24. The first-order valence-electron chi connectivity index (χ1n) is 4.36. The summed E-state index contributed by atoms with van der Waals surface area (Å²) in [5.74, 6) is -0.608. The molecule has 0 bridgehead atoms. The Kier molecular flexibility index (Phi) is 2.66. The number of aromatic carboxylic acids is 1. The van der Waals surface area contributed by atoms with Crippen molar-refractivity contribution in [3.8, 4) is 0 Å². The van der Waals surface area contributed by atoms with Gasteiger partial charge in [0.05, 0.1) is 5.38 Å². The molecule has 1 N–H and O–H groups in total. The molecular formula is C10H14O3Si. The van der Waals surface area contributed by atoms with Gasteiger partial charge < -0.3 is 9.52 Å². The van der Waals surface area contributed by atoms with Crippen molar-refractivity contribution in [2.45, 2.75) is 19.6 Å². The number of rotatable bonds is 3. The van der Waals surface area contributed by atoms with E-state index in [1.807, 2.05) is 0 Å². The van der Waals surface area contributed by atoms with Gasteiger partial charge >= 0.3 is 5.97 Å². The highest BCUT2D eigenvalue weighted by Crippen LogP contribution is 2.14. The van der Waals surface area contributed by atoms with E-state index in [4.69, 9.17) is 9.52 Å². The molecule has 0 unspecified atom stereocenters. The van der Waals surface area contributed by atoms with Crippen LogP contribution in [0.15, 0.2) is 17.1 Å². The topological polar surface area (TPSA) is 50.4 Å². The molecule has 0 aliphatic rings. The van der Waals surface area contributed by atoms with Gasteiger partial charge in [-0.05, 0) is 12.1 Å². The van der Waals surface area contributed by atoms with Crippen LogP contribution in [-0.2, 0) is 0 Å². The minimum absolute atomic E-state index is 0.206. The molecule has 14 heavy (non-hydrogen) atoms. The average molecular weight is 210 g/mol. The van der Waals surface area contributed by atoms with E-state index in [0.717, 1.165) is 5.38 Å². The van der Waals surface area contributed by atoms with Gasteiger partial charge in [0, 0.05) is 0 Å². The number of hydrogen-bond donors (Lipinski definition) is 1. The van der Waals surface area contributed by atoms with Gasteiger partial charge in [-0.1, -0.05) is 26.2 Å². The number of carboxylic acids is 1. The van der Waals surface area contributed by atoms with Crippen LogP contribution in [0.2, 0.25) is 19.6 Å². The quantitative estimate of drug-likeness (QED) is 0.778. The van der Waals surface area contributed by atoms with E-state index in [1.54, 1.807) is 6.07 Å². The summed E-state index contributed by atoms with van der Waals surface area (Å²) in [6.07, 6.45) is 1.44. The summed E-state index contributed by atoms with van der Waals surface area (Å²) in [7, 11) is -1.58.